The molecule has 1 heterocycles. The Morgan fingerprint density at radius 1 is 1.11 bits per heavy atom. The van der Waals surface area contributed by atoms with E-state index in [4.69, 9.17) is 0 Å². The SMILES string of the molecule is C1CCNC1.CCC.N. The highest BCUT2D eigenvalue weighted by atomic mass is 14.9. The van der Waals surface area contributed by atoms with Gasteiger partial charge in [0.25, 0.3) is 0 Å². The standard InChI is InChI=1S/C4H9N.C3H8.H3N/c1-2-4-5-3-1;1-3-2;/h5H,1-4H2;3H2,1-2H3;1H3. The minimum absolute atomic E-state index is 0. The lowest BCUT2D eigenvalue weighted by atomic mass is 10.4. The maximum absolute atomic E-state index is 3.22. The zero-order chi connectivity index (χ0) is 6.24. The molecule has 9 heavy (non-hydrogen) atoms. The van der Waals surface area contributed by atoms with Gasteiger partial charge in [0.1, 0.15) is 0 Å². The fourth-order valence-electron chi connectivity index (χ4n) is 0.625. The molecule has 2 nitrogen and oxygen atoms in total. The van der Waals surface area contributed by atoms with Gasteiger partial charge in [-0.2, -0.15) is 0 Å². The van der Waals surface area contributed by atoms with Crippen molar-refractivity contribution in [3.05, 3.63) is 0 Å². The first kappa shape index (κ1) is 11.7. The molecule has 0 bridgehead atoms. The molecule has 0 aliphatic carbocycles. The molecule has 0 aromatic rings. The van der Waals surface area contributed by atoms with Crippen molar-refractivity contribution in [2.75, 3.05) is 13.1 Å². The summed E-state index contributed by atoms with van der Waals surface area (Å²) in [6.07, 6.45) is 4.03. The lowest BCUT2D eigenvalue weighted by Crippen LogP contribution is -2.03. The number of rotatable bonds is 0. The van der Waals surface area contributed by atoms with Crippen LogP contribution in [0.3, 0.4) is 0 Å². The molecule has 0 aromatic heterocycles. The van der Waals surface area contributed by atoms with Crippen molar-refractivity contribution in [1.82, 2.24) is 11.5 Å². The number of nitrogens with one attached hydrogen (secondary N) is 1. The van der Waals surface area contributed by atoms with Crippen LogP contribution in [0, 0.1) is 0 Å². The van der Waals surface area contributed by atoms with Gasteiger partial charge in [-0.05, 0) is 25.9 Å². The summed E-state index contributed by atoms with van der Waals surface area (Å²) in [5.41, 5.74) is 0. The van der Waals surface area contributed by atoms with Gasteiger partial charge < -0.3 is 11.5 Å². The topological polar surface area (TPSA) is 47.0 Å². The van der Waals surface area contributed by atoms with E-state index in [1.807, 2.05) is 0 Å². The number of hydrogen-bond donors (Lipinski definition) is 2. The average molecular weight is 132 g/mol. The molecule has 0 unspecified atom stereocenters. The molecule has 0 amide bonds. The first-order chi connectivity index (χ1) is 3.91. The highest BCUT2D eigenvalue weighted by Gasteiger charge is 1.93. The zero-order valence-electron chi connectivity index (χ0n) is 6.74. The van der Waals surface area contributed by atoms with E-state index in [1.54, 1.807) is 0 Å². The Labute approximate surface area is 58.6 Å². The van der Waals surface area contributed by atoms with Gasteiger partial charge in [-0.25, -0.2) is 0 Å². The molecule has 0 aromatic carbocycles. The van der Waals surface area contributed by atoms with Crippen LogP contribution in [0.4, 0.5) is 0 Å². The Morgan fingerprint density at radius 3 is 1.56 bits per heavy atom. The van der Waals surface area contributed by atoms with Gasteiger partial charge in [0.2, 0.25) is 0 Å². The molecular formula is C7H20N2. The summed E-state index contributed by atoms with van der Waals surface area (Å²) in [5.74, 6) is 0. The predicted molar refractivity (Wildman–Crippen MR) is 43.1 cm³/mol. The summed E-state index contributed by atoms with van der Waals surface area (Å²) in [7, 11) is 0. The largest absolute Gasteiger partial charge is 0.344 e. The molecule has 1 aliphatic rings. The van der Waals surface area contributed by atoms with Crippen LogP contribution in [-0.4, -0.2) is 13.1 Å². The van der Waals surface area contributed by atoms with Crippen molar-refractivity contribution >= 4 is 0 Å². The van der Waals surface area contributed by atoms with Crippen molar-refractivity contribution in [3.8, 4) is 0 Å². The van der Waals surface area contributed by atoms with Gasteiger partial charge in [-0.15, -0.1) is 0 Å². The van der Waals surface area contributed by atoms with Gasteiger partial charge in [-0.3, -0.25) is 0 Å². The third kappa shape index (κ3) is 11.5. The first-order valence-electron chi connectivity index (χ1n) is 3.62. The lowest BCUT2D eigenvalue weighted by Gasteiger charge is -1.76. The quantitative estimate of drug-likeness (QED) is 0.529. The maximum atomic E-state index is 3.22. The smallest absolute Gasteiger partial charge is 0.00484 e. The van der Waals surface area contributed by atoms with Crippen LogP contribution in [0.25, 0.3) is 0 Å². The van der Waals surface area contributed by atoms with Gasteiger partial charge in [0, 0.05) is 0 Å². The monoisotopic (exact) mass is 132 g/mol. The summed E-state index contributed by atoms with van der Waals surface area (Å²) in [6.45, 7) is 6.75. The van der Waals surface area contributed by atoms with Crippen molar-refractivity contribution in [2.24, 2.45) is 0 Å². The molecule has 1 fully saturated rings. The highest BCUT2D eigenvalue weighted by Crippen LogP contribution is 1.90. The summed E-state index contributed by atoms with van der Waals surface area (Å²) in [4.78, 5) is 0. The molecule has 4 N–H and O–H groups in total. The second-order valence-electron chi connectivity index (χ2n) is 2.16. The second-order valence-corrected chi connectivity index (χ2v) is 2.16. The molecule has 1 saturated heterocycles. The first-order valence-corrected chi connectivity index (χ1v) is 3.62. The van der Waals surface area contributed by atoms with Crippen LogP contribution in [0.2, 0.25) is 0 Å². The average Bonchev–Trinajstić information content (AvgIpc) is 2.17. The Bertz CT molecular complexity index is 26.3. The Morgan fingerprint density at radius 2 is 1.44 bits per heavy atom. The van der Waals surface area contributed by atoms with Crippen LogP contribution in [0.5, 0.6) is 0 Å². The fraction of sp³-hybridized carbons (Fsp3) is 1.00. The highest BCUT2D eigenvalue weighted by molar-refractivity contribution is 4.55. The summed E-state index contributed by atoms with van der Waals surface area (Å²) in [5, 5.41) is 3.22. The summed E-state index contributed by atoms with van der Waals surface area (Å²) < 4.78 is 0. The molecule has 0 atom stereocenters. The fourth-order valence-corrected chi connectivity index (χ4v) is 0.625. The lowest BCUT2D eigenvalue weighted by molar-refractivity contribution is 0.857. The van der Waals surface area contributed by atoms with Crippen LogP contribution in [-0.2, 0) is 0 Å². The number of hydrogen-bond acceptors (Lipinski definition) is 2. The van der Waals surface area contributed by atoms with Crippen LogP contribution < -0.4 is 11.5 Å². The van der Waals surface area contributed by atoms with E-state index in [-0.39, 0.29) is 6.15 Å². The van der Waals surface area contributed by atoms with Crippen LogP contribution in [0.15, 0.2) is 0 Å². The van der Waals surface area contributed by atoms with Crippen LogP contribution >= 0.6 is 0 Å². The van der Waals surface area contributed by atoms with Crippen LogP contribution in [0.1, 0.15) is 33.1 Å². The van der Waals surface area contributed by atoms with E-state index in [0.29, 0.717) is 0 Å². The Kier molecular flexibility index (Phi) is 14.0. The van der Waals surface area contributed by atoms with Crippen molar-refractivity contribution in [1.29, 1.82) is 0 Å². The molecule has 0 spiro atoms. The predicted octanol–water partition coefficient (Wildman–Crippen LogP) is 1.95. The van der Waals surface area contributed by atoms with E-state index in [1.165, 1.54) is 32.4 Å². The third-order valence-electron chi connectivity index (χ3n) is 0.957. The second kappa shape index (κ2) is 10.8. The zero-order valence-corrected chi connectivity index (χ0v) is 6.74. The third-order valence-corrected chi connectivity index (χ3v) is 0.957. The van der Waals surface area contributed by atoms with E-state index in [0.717, 1.165) is 0 Å². The minimum atomic E-state index is 0. The Hall–Kier alpha value is -0.0800. The van der Waals surface area contributed by atoms with E-state index in [9.17, 15) is 0 Å². The van der Waals surface area contributed by atoms with Gasteiger partial charge in [0.05, 0.1) is 0 Å². The molecule has 0 radical (unpaired) electrons. The molecule has 0 saturated carbocycles. The van der Waals surface area contributed by atoms with E-state index >= 15 is 0 Å². The molecular weight excluding hydrogens is 112 g/mol. The normalized spacial score (nSPS) is 15.3. The molecule has 1 aliphatic heterocycles. The van der Waals surface area contributed by atoms with E-state index < -0.39 is 0 Å². The van der Waals surface area contributed by atoms with Gasteiger partial charge >= 0.3 is 0 Å². The molecule has 1 rings (SSSR count). The van der Waals surface area contributed by atoms with Crippen molar-refractivity contribution in [3.63, 3.8) is 0 Å². The van der Waals surface area contributed by atoms with Crippen molar-refractivity contribution < 1.29 is 0 Å². The Balaban J connectivity index is 0. The molecule has 58 valence electrons. The van der Waals surface area contributed by atoms with Crippen molar-refractivity contribution in [2.45, 2.75) is 33.1 Å². The summed E-state index contributed by atoms with van der Waals surface area (Å²) >= 11 is 0. The maximum Gasteiger partial charge on any atom is -0.00484 e. The van der Waals surface area contributed by atoms with Gasteiger partial charge in [0.15, 0.2) is 0 Å². The minimum Gasteiger partial charge on any atom is -0.344 e. The molecule has 2 heteroatoms. The van der Waals surface area contributed by atoms with E-state index in [2.05, 4.69) is 19.2 Å². The summed E-state index contributed by atoms with van der Waals surface area (Å²) in [6, 6.07) is 0. The van der Waals surface area contributed by atoms with Gasteiger partial charge in [-0.1, -0.05) is 20.3 Å².